The van der Waals surface area contributed by atoms with E-state index in [-0.39, 0.29) is 11.7 Å². The maximum Gasteiger partial charge on any atom is 0.343 e. The molecule has 0 aliphatic carbocycles. The van der Waals surface area contributed by atoms with Crippen LogP contribution in [0.2, 0.25) is 5.02 Å². The molecule has 0 fully saturated rings. The van der Waals surface area contributed by atoms with Crippen LogP contribution in [0.25, 0.3) is 0 Å². The first-order chi connectivity index (χ1) is 7.75. The fraction of sp³-hybridized carbons (Fsp3) is 0.273. The lowest BCUT2D eigenvalue weighted by Crippen LogP contribution is -2.20. The highest BCUT2D eigenvalue weighted by molar-refractivity contribution is 6.30. The summed E-state index contributed by atoms with van der Waals surface area (Å²) in [6.45, 7) is 0. The minimum atomic E-state index is -0.141. The van der Waals surface area contributed by atoms with E-state index in [4.69, 9.17) is 11.6 Å². The summed E-state index contributed by atoms with van der Waals surface area (Å²) in [5.41, 5.74) is 0.923. The standard InChI is InChI=1S/C11H10ClN3O/c12-8-3-1-2-7(6-8)9-4-5-10-13-14-11(16)15(9)10/h1-3,6,9H,4-5H2,(H,14,16)/t9-/m1/s1. The maximum atomic E-state index is 11.6. The van der Waals surface area contributed by atoms with Crippen molar-refractivity contribution in [1.82, 2.24) is 14.8 Å². The van der Waals surface area contributed by atoms with Crippen LogP contribution >= 0.6 is 11.6 Å². The number of aromatic amines is 1. The van der Waals surface area contributed by atoms with E-state index < -0.39 is 0 Å². The van der Waals surface area contributed by atoms with Crippen molar-refractivity contribution in [2.75, 3.05) is 0 Å². The Morgan fingerprint density at radius 2 is 2.38 bits per heavy atom. The molecule has 1 atom stereocenters. The predicted molar refractivity (Wildman–Crippen MR) is 60.8 cm³/mol. The van der Waals surface area contributed by atoms with Crippen LogP contribution in [0.5, 0.6) is 0 Å². The van der Waals surface area contributed by atoms with Gasteiger partial charge in [0.2, 0.25) is 0 Å². The van der Waals surface area contributed by atoms with Gasteiger partial charge in [-0.25, -0.2) is 9.89 Å². The Morgan fingerprint density at radius 1 is 1.50 bits per heavy atom. The zero-order valence-electron chi connectivity index (χ0n) is 8.48. The van der Waals surface area contributed by atoms with E-state index in [9.17, 15) is 4.79 Å². The summed E-state index contributed by atoms with van der Waals surface area (Å²) in [4.78, 5) is 11.6. The van der Waals surface area contributed by atoms with E-state index in [0.29, 0.717) is 5.02 Å². The highest BCUT2D eigenvalue weighted by atomic mass is 35.5. The van der Waals surface area contributed by atoms with Gasteiger partial charge in [-0.05, 0) is 24.1 Å². The third-order valence-electron chi connectivity index (χ3n) is 2.96. The summed E-state index contributed by atoms with van der Waals surface area (Å²) >= 11 is 5.95. The average molecular weight is 236 g/mol. The summed E-state index contributed by atoms with van der Waals surface area (Å²) in [5, 5.41) is 7.16. The monoisotopic (exact) mass is 235 g/mol. The molecule has 1 aliphatic heterocycles. The molecule has 0 bridgehead atoms. The highest BCUT2D eigenvalue weighted by Crippen LogP contribution is 2.29. The molecule has 1 aliphatic rings. The molecule has 16 heavy (non-hydrogen) atoms. The molecule has 0 radical (unpaired) electrons. The molecule has 4 nitrogen and oxygen atoms in total. The van der Waals surface area contributed by atoms with E-state index in [1.54, 1.807) is 4.57 Å². The van der Waals surface area contributed by atoms with Crippen LogP contribution in [-0.4, -0.2) is 14.8 Å². The number of halogens is 1. The molecule has 1 aromatic carbocycles. The Morgan fingerprint density at radius 3 is 3.19 bits per heavy atom. The van der Waals surface area contributed by atoms with Gasteiger partial charge in [0.05, 0.1) is 6.04 Å². The van der Waals surface area contributed by atoms with Gasteiger partial charge in [-0.3, -0.25) is 4.57 Å². The van der Waals surface area contributed by atoms with Crippen LogP contribution in [0.4, 0.5) is 0 Å². The van der Waals surface area contributed by atoms with Gasteiger partial charge in [0.15, 0.2) is 0 Å². The lowest BCUT2D eigenvalue weighted by Gasteiger charge is -2.11. The number of fused-ring (bicyclic) bond motifs is 1. The summed E-state index contributed by atoms with van der Waals surface area (Å²) in [5.74, 6) is 0.829. The van der Waals surface area contributed by atoms with Gasteiger partial charge < -0.3 is 0 Å². The van der Waals surface area contributed by atoms with Crippen LogP contribution in [-0.2, 0) is 6.42 Å². The quantitative estimate of drug-likeness (QED) is 0.819. The summed E-state index contributed by atoms with van der Waals surface area (Å²) in [6.07, 6.45) is 1.74. The minimum absolute atomic E-state index is 0.0694. The lowest BCUT2D eigenvalue weighted by molar-refractivity contribution is 0.598. The number of rotatable bonds is 1. The Balaban J connectivity index is 2.10. The van der Waals surface area contributed by atoms with E-state index >= 15 is 0 Å². The highest BCUT2D eigenvalue weighted by Gasteiger charge is 2.26. The van der Waals surface area contributed by atoms with Gasteiger partial charge in [0.25, 0.3) is 0 Å². The van der Waals surface area contributed by atoms with Crippen molar-refractivity contribution in [3.05, 3.63) is 51.2 Å². The number of benzene rings is 1. The van der Waals surface area contributed by atoms with E-state index in [1.807, 2.05) is 24.3 Å². The number of hydrogen-bond acceptors (Lipinski definition) is 2. The van der Waals surface area contributed by atoms with Crippen molar-refractivity contribution in [2.45, 2.75) is 18.9 Å². The van der Waals surface area contributed by atoms with Crippen molar-refractivity contribution < 1.29 is 0 Å². The smallest absolute Gasteiger partial charge is 0.271 e. The van der Waals surface area contributed by atoms with Crippen molar-refractivity contribution in [3.8, 4) is 0 Å². The third-order valence-corrected chi connectivity index (χ3v) is 3.20. The van der Waals surface area contributed by atoms with Gasteiger partial charge in [-0.15, -0.1) is 0 Å². The van der Waals surface area contributed by atoms with Crippen LogP contribution in [0.3, 0.4) is 0 Å². The molecular weight excluding hydrogens is 226 g/mol. The minimum Gasteiger partial charge on any atom is -0.271 e. The predicted octanol–water partition coefficient (Wildman–Crippen LogP) is 1.76. The molecule has 0 spiro atoms. The van der Waals surface area contributed by atoms with Gasteiger partial charge >= 0.3 is 5.69 Å². The number of aromatic nitrogens is 3. The van der Waals surface area contributed by atoms with Crippen molar-refractivity contribution in [1.29, 1.82) is 0 Å². The van der Waals surface area contributed by atoms with E-state index in [0.717, 1.165) is 24.2 Å². The van der Waals surface area contributed by atoms with Crippen LogP contribution in [0.1, 0.15) is 23.9 Å². The Labute approximate surface area is 96.9 Å². The normalized spacial score (nSPS) is 18.7. The number of aryl methyl sites for hydroxylation is 1. The number of hydrogen-bond donors (Lipinski definition) is 1. The number of H-pyrrole nitrogens is 1. The Hall–Kier alpha value is -1.55. The molecule has 3 rings (SSSR count). The van der Waals surface area contributed by atoms with Crippen LogP contribution in [0.15, 0.2) is 29.1 Å². The van der Waals surface area contributed by atoms with Gasteiger partial charge in [-0.1, -0.05) is 23.7 Å². The first-order valence-electron chi connectivity index (χ1n) is 5.17. The summed E-state index contributed by atoms with van der Waals surface area (Å²) in [7, 11) is 0. The number of nitrogens with one attached hydrogen (secondary N) is 1. The first-order valence-corrected chi connectivity index (χ1v) is 5.55. The lowest BCUT2D eigenvalue weighted by atomic mass is 10.1. The molecule has 1 aromatic heterocycles. The zero-order chi connectivity index (χ0) is 11.1. The van der Waals surface area contributed by atoms with Crippen molar-refractivity contribution >= 4 is 11.6 Å². The first kappa shape index (κ1) is 9.66. The van der Waals surface area contributed by atoms with Gasteiger partial charge in [0, 0.05) is 11.4 Å². The van der Waals surface area contributed by atoms with E-state index in [2.05, 4.69) is 10.2 Å². The molecular formula is C11H10ClN3O. The summed E-state index contributed by atoms with van der Waals surface area (Å²) in [6, 6.07) is 7.70. The molecule has 2 aromatic rings. The molecule has 1 N–H and O–H groups in total. The maximum absolute atomic E-state index is 11.6. The number of nitrogens with zero attached hydrogens (tertiary/aromatic N) is 2. The molecule has 2 heterocycles. The fourth-order valence-electron chi connectivity index (χ4n) is 2.26. The van der Waals surface area contributed by atoms with Crippen molar-refractivity contribution in [3.63, 3.8) is 0 Å². The molecule has 0 amide bonds. The second kappa shape index (κ2) is 3.49. The summed E-state index contributed by atoms with van der Waals surface area (Å²) < 4.78 is 1.71. The fourth-order valence-corrected chi connectivity index (χ4v) is 2.46. The Bertz CT molecular complexity index is 587. The molecule has 0 saturated heterocycles. The average Bonchev–Trinajstić information content (AvgIpc) is 2.82. The Kier molecular flexibility index (Phi) is 2.11. The second-order valence-corrected chi connectivity index (χ2v) is 4.36. The van der Waals surface area contributed by atoms with Crippen LogP contribution < -0.4 is 5.69 Å². The molecule has 82 valence electrons. The largest absolute Gasteiger partial charge is 0.343 e. The van der Waals surface area contributed by atoms with Crippen LogP contribution in [0, 0.1) is 0 Å². The third kappa shape index (κ3) is 1.38. The van der Waals surface area contributed by atoms with Gasteiger partial charge in [0.1, 0.15) is 5.82 Å². The molecule has 5 heteroatoms. The van der Waals surface area contributed by atoms with Gasteiger partial charge in [-0.2, -0.15) is 5.10 Å². The molecule has 0 saturated carbocycles. The van der Waals surface area contributed by atoms with E-state index in [1.165, 1.54) is 0 Å². The topological polar surface area (TPSA) is 50.7 Å². The van der Waals surface area contributed by atoms with Crippen molar-refractivity contribution in [2.24, 2.45) is 0 Å². The second-order valence-electron chi connectivity index (χ2n) is 3.92. The molecule has 0 unspecified atom stereocenters. The zero-order valence-corrected chi connectivity index (χ0v) is 9.24. The SMILES string of the molecule is O=c1[nH]nc2n1[C@@H](c1cccc(Cl)c1)CC2.